The summed E-state index contributed by atoms with van der Waals surface area (Å²) in [6.07, 6.45) is -0.742. The first-order chi connectivity index (χ1) is 15.9. The molecular weight excluding hydrogens is 422 g/mol. The third-order valence-corrected chi connectivity index (χ3v) is 5.79. The Labute approximate surface area is 188 Å². The first-order valence-corrected chi connectivity index (χ1v) is 10.4. The largest absolute Gasteiger partial charge is 0.398 e. The third-order valence-electron chi connectivity index (χ3n) is 5.79. The minimum absolute atomic E-state index is 0.0683. The molecule has 0 aromatic heterocycles. The summed E-state index contributed by atoms with van der Waals surface area (Å²) in [5, 5.41) is 14.3. The molecule has 0 fully saturated rings. The Morgan fingerprint density at radius 2 is 1.85 bits per heavy atom. The van der Waals surface area contributed by atoms with E-state index in [1.165, 1.54) is 12.1 Å². The van der Waals surface area contributed by atoms with E-state index in [9.17, 15) is 19.7 Å². The van der Waals surface area contributed by atoms with Gasteiger partial charge in [-0.1, -0.05) is 42.5 Å². The van der Waals surface area contributed by atoms with E-state index < -0.39 is 22.9 Å². The third kappa shape index (κ3) is 3.49. The smallest absolute Gasteiger partial charge is 0.272 e. The fraction of sp³-hybridized carbons (Fsp3) is 0.125. The molecule has 164 valence electrons. The number of nitrogens with zero attached hydrogens (tertiary/aromatic N) is 3. The molecule has 33 heavy (non-hydrogen) atoms. The Kier molecular flexibility index (Phi) is 4.86. The van der Waals surface area contributed by atoms with Crippen molar-refractivity contribution >= 4 is 34.6 Å². The number of nitrogens with two attached hydrogens (primary N) is 1. The van der Waals surface area contributed by atoms with Gasteiger partial charge in [-0.05, 0) is 24.1 Å². The van der Waals surface area contributed by atoms with Crippen molar-refractivity contribution in [2.75, 3.05) is 17.2 Å². The average molecular weight is 441 g/mol. The summed E-state index contributed by atoms with van der Waals surface area (Å²) in [4.78, 5) is 43.7. The summed E-state index contributed by atoms with van der Waals surface area (Å²) in [6, 6.07) is 18.6. The van der Waals surface area contributed by atoms with Crippen molar-refractivity contribution in [1.82, 2.24) is 5.32 Å². The van der Waals surface area contributed by atoms with Gasteiger partial charge in [0.2, 0.25) is 6.17 Å². The second kappa shape index (κ2) is 7.86. The maximum Gasteiger partial charge on any atom is 0.272 e. The predicted molar refractivity (Wildman–Crippen MR) is 123 cm³/mol. The summed E-state index contributed by atoms with van der Waals surface area (Å²) >= 11 is 0. The van der Waals surface area contributed by atoms with E-state index in [1.807, 2.05) is 30.3 Å². The number of nitro benzene ring substituents is 1. The fourth-order valence-corrected chi connectivity index (χ4v) is 4.26. The number of carbonyl (C=O) groups excluding carboxylic acids is 2. The molecule has 0 radical (unpaired) electrons. The van der Waals surface area contributed by atoms with Crippen LogP contribution in [0.3, 0.4) is 0 Å². The van der Waals surface area contributed by atoms with Crippen LogP contribution in [0.2, 0.25) is 0 Å². The zero-order valence-corrected chi connectivity index (χ0v) is 17.4. The highest BCUT2D eigenvalue weighted by Gasteiger charge is 2.38. The molecule has 3 aromatic rings. The van der Waals surface area contributed by atoms with Gasteiger partial charge < -0.3 is 16.0 Å². The summed E-state index contributed by atoms with van der Waals surface area (Å²) in [5.74, 6) is -0.934. The van der Waals surface area contributed by atoms with Gasteiger partial charge in [-0.25, -0.2) is 4.99 Å². The highest BCUT2D eigenvalue weighted by Crippen LogP contribution is 2.39. The second-order valence-corrected chi connectivity index (χ2v) is 7.81. The Hall–Kier alpha value is -4.53. The quantitative estimate of drug-likeness (QED) is 0.365. The minimum Gasteiger partial charge on any atom is -0.398 e. The lowest BCUT2D eigenvalue weighted by molar-refractivity contribution is -0.384. The predicted octanol–water partition coefficient (Wildman–Crippen LogP) is 2.67. The van der Waals surface area contributed by atoms with Gasteiger partial charge in [0.05, 0.1) is 21.9 Å². The number of nitro groups is 1. The highest BCUT2D eigenvalue weighted by molar-refractivity contribution is 6.21. The second-order valence-electron chi connectivity index (χ2n) is 7.81. The molecule has 3 aromatic carbocycles. The van der Waals surface area contributed by atoms with E-state index in [4.69, 9.17) is 5.73 Å². The fourth-order valence-electron chi connectivity index (χ4n) is 4.26. The van der Waals surface area contributed by atoms with Gasteiger partial charge in [-0.3, -0.25) is 19.7 Å². The molecule has 5 rings (SSSR count). The number of hydrogen-bond acceptors (Lipinski definition) is 6. The van der Waals surface area contributed by atoms with Crippen LogP contribution in [0.5, 0.6) is 0 Å². The molecule has 0 aliphatic carbocycles. The molecule has 0 unspecified atom stereocenters. The number of amides is 2. The SMILES string of the molecule is Nc1ccccc1C(=O)N[C@@H]1N=C(c2ccccc2)c2cc([N+](=O)[O-])cc3c2N(CC3)C1=O. The van der Waals surface area contributed by atoms with Crippen LogP contribution in [0.4, 0.5) is 17.1 Å². The topological polar surface area (TPSA) is 131 Å². The molecule has 1 atom stereocenters. The van der Waals surface area contributed by atoms with Crippen LogP contribution < -0.4 is 16.0 Å². The summed E-state index contributed by atoms with van der Waals surface area (Å²) < 4.78 is 0. The molecule has 2 amide bonds. The van der Waals surface area contributed by atoms with Crippen molar-refractivity contribution < 1.29 is 14.5 Å². The van der Waals surface area contributed by atoms with Crippen molar-refractivity contribution in [1.29, 1.82) is 0 Å². The molecule has 2 heterocycles. The van der Waals surface area contributed by atoms with Gasteiger partial charge in [0.1, 0.15) is 0 Å². The molecule has 9 nitrogen and oxygen atoms in total. The Morgan fingerprint density at radius 1 is 1.12 bits per heavy atom. The molecule has 0 spiro atoms. The number of non-ortho nitro benzene ring substituents is 1. The standard InChI is InChI=1S/C24H19N5O4/c25-19-9-5-4-8-17(19)23(30)27-22-24(31)28-11-10-15-12-16(29(32)33)13-18(21(15)28)20(26-22)14-6-2-1-3-7-14/h1-9,12-13,22H,10-11,25H2,(H,27,30)/t22-/m0/s1. The Morgan fingerprint density at radius 3 is 2.58 bits per heavy atom. The molecule has 0 saturated heterocycles. The van der Waals surface area contributed by atoms with Gasteiger partial charge in [0, 0.05) is 35.5 Å². The van der Waals surface area contributed by atoms with Gasteiger partial charge >= 0.3 is 0 Å². The van der Waals surface area contributed by atoms with E-state index in [0.29, 0.717) is 41.1 Å². The lowest BCUT2D eigenvalue weighted by atomic mass is 9.97. The van der Waals surface area contributed by atoms with Crippen molar-refractivity contribution in [3.63, 3.8) is 0 Å². The number of para-hydroxylation sites is 1. The van der Waals surface area contributed by atoms with Crippen molar-refractivity contribution in [3.05, 3.63) is 99.1 Å². The summed E-state index contributed by atoms with van der Waals surface area (Å²) in [5.41, 5.74) is 9.26. The van der Waals surface area contributed by atoms with Crippen molar-refractivity contribution in [3.8, 4) is 0 Å². The number of benzene rings is 3. The van der Waals surface area contributed by atoms with Crippen LogP contribution >= 0.6 is 0 Å². The molecular formula is C24H19N5O4. The average Bonchev–Trinajstić information content (AvgIpc) is 3.21. The highest BCUT2D eigenvalue weighted by atomic mass is 16.6. The molecule has 2 aliphatic rings. The minimum atomic E-state index is -1.22. The van der Waals surface area contributed by atoms with E-state index in [1.54, 1.807) is 29.2 Å². The summed E-state index contributed by atoms with van der Waals surface area (Å²) in [7, 11) is 0. The molecule has 9 heteroatoms. The zero-order chi connectivity index (χ0) is 23.1. The molecule has 0 saturated carbocycles. The number of anilines is 2. The monoisotopic (exact) mass is 441 g/mol. The lowest BCUT2D eigenvalue weighted by Gasteiger charge is -2.21. The van der Waals surface area contributed by atoms with Crippen molar-refractivity contribution in [2.45, 2.75) is 12.6 Å². The van der Waals surface area contributed by atoms with Crippen LogP contribution in [-0.2, 0) is 11.2 Å². The number of aliphatic imine (C=N–C) groups is 1. The maximum absolute atomic E-state index is 13.5. The molecule has 3 N–H and O–H groups in total. The van der Waals surface area contributed by atoms with Crippen molar-refractivity contribution in [2.24, 2.45) is 4.99 Å². The Balaban J connectivity index is 1.66. The van der Waals surface area contributed by atoms with Crippen LogP contribution in [0.1, 0.15) is 27.0 Å². The van der Waals surface area contributed by atoms with Gasteiger partial charge in [0.25, 0.3) is 17.5 Å². The summed E-state index contributed by atoms with van der Waals surface area (Å²) in [6.45, 7) is 0.347. The molecule has 2 aliphatic heterocycles. The van der Waals surface area contributed by atoms with E-state index in [2.05, 4.69) is 10.3 Å². The number of hydrogen-bond donors (Lipinski definition) is 2. The first-order valence-electron chi connectivity index (χ1n) is 10.4. The number of rotatable bonds is 4. The number of nitrogen functional groups attached to an aromatic ring is 1. The van der Waals surface area contributed by atoms with E-state index in [0.717, 1.165) is 0 Å². The van der Waals surface area contributed by atoms with Gasteiger partial charge in [0.15, 0.2) is 0 Å². The Bertz CT molecular complexity index is 1340. The van der Waals surface area contributed by atoms with E-state index in [-0.39, 0.29) is 16.9 Å². The van der Waals surface area contributed by atoms with Crippen LogP contribution in [0, 0.1) is 10.1 Å². The maximum atomic E-state index is 13.5. The van der Waals surface area contributed by atoms with Gasteiger partial charge in [-0.2, -0.15) is 0 Å². The van der Waals surface area contributed by atoms with E-state index >= 15 is 0 Å². The number of nitrogens with one attached hydrogen (secondary N) is 1. The first kappa shape index (κ1) is 20.4. The van der Waals surface area contributed by atoms with Gasteiger partial charge in [-0.15, -0.1) is 0 Å². The zero-order valence-electron chi connectivity index (χ0n) is 17.4. The van der Waals surface area contributed by atoms with Crippen LogP contribution in [0.25, 0.3) is 0 Å². The van der Waals surface area contributed by atoms with Crippen LogP contribution in [-0.4, -0.2) is 35.2 Å². The molecule has 0 bridgehead atoms. The van der Waals surface area contributed by atoms with Crippen LogP contribution in [0.15, 0.2) is 71.7 Å². The number of carbonyl (C=O) groups is 2. The normalized spacial score (nSPS) is 16.6. The lowest BCUT2D eigenvalue weighted by Crippen LogP contribution is -2.47.